The van der Waals surface area contributed by atoms with E-state index in [4.69, 9.17) is 0 Å². The molecule has 86 valence electrons. The van der Waals surface area contributed by atoms with Crippen LogP contribution in [0.25, 0.3) is 0 Å². The van der Waals surface area contributed by atoms with Crippen LogP contribution in [-0.4, -0.2) is 25.6 Å². The quantitative estimate of drug-likeness (QED) is 0.751. The summed E-state index contributed by atoms with van der Waals surface area (Å²) in [5.41, 5.74) is 0. The molecule has 5 nitrogen and oxygen atoms in total. The van der Waals surface area contributed by atoms with Crippen molar-refractivity contribution < 1.29 is 0 Å². The van der Waals surface area contributed by atoms with Crippen LogP contribution in [0, 0.1) is 0 Å². The maximum atomic E-state index is 4.25. The molecule has 2 aromatic heterocycles. The van der Waals surface area contributed by atoms with E-state index in [9.17, 15) is 0 Å². The highest BCUT2D eigenvalue weighted by Crippen LogP contribution is 2.03. The van der Waals surface area contributed by atoms with E-state index >= 15 is 0 Å². The number of imidazole rings is 2. The van der Waals surface area contributed by atoms with Crippen molar-refractivity contribution in [2.24, 2.45) is 0 Å². The largest absolute Gasteiger partial charge is 0.356 e. The van der Waals surface area contributed by atoms with Crippen LogP contribution in [0.3, 0.4) is 0 Å². The fraction of sp³-hybridized carbons (Fsp3) is 0.455. The molecule has 0 fully saturated rings. The van der Waals surface area contributed by atoms with Crippen molar-refractivity contribution in [1.29, 1.82) is 0 Å². The number of nitrogens with zero attached hydrogens (tertiary/aromatic N) is 4. The first-order valence-electron chi connectivity index (χ1n) is 5.61. The molecule has 2 rings (SSSR count). The second-order valence-corrected chi connectivity index (χ2v) is 3.62. The van der Waals surface area contributed by atoms with Crippen LogP contribution < -0.4 is 5.32 Å². The molecular weight excluding hydrogens is 202 g/mol. The smallest absolute Gasteiger partial charge is 0.202 e. The fourth-order valence-electron chi connectivity index (χ4n) is 1.61. The van der Waals surface area contributed by atoms with Crippen LogP contribution in [0.15, 0.2) is 31.1 Å². The maximum absolute atomic E-state index is 4.25. The van der Waals surface area contributed by atoms with Crippen molar-refractivity contribution >= 4 is 5.95 Å². The monoisotopic (exact) mass is 219 g/mol. The van der Waals surface area contributed by atoms with Crippen LogP contribution in [-0.2, 0) is 13.1 Å². The number of hydrogen-bond donors (Lipinski definition) is 1. The highest BCUT2D eigenvalue weighted by molar-refractivity contribution is 5.25. The van der Waals surface area contributed by atoms with Gasteiger partial charge in [0, 0.05) is 44.4 Å². The van der Waals surface area contributed by atoms with Gasteiger partial charge in [-0.25, -0.2) is 9.97 Å². The van der Waals surface area contributed by atoms with E-state index in [1.54, 1.807) is 6.20 Å². The Morgan fingerprint density at radius 3 is 3.00 bits per heavy atom. The zero-order valence-corrected chi connectivity index (χ0v) is 9.50. The summed E-state index contributed by atoms with van der Waals surface area (Å²) in [6, 6.07) is 0. The zero-order chi connectivity index (χ0) is 11.2. The lowest BCUT2D eigenvalue weighted by Crippen LogP contribution is -2.10. The highest BCUT2D eigenvalue weighted by Gasteiger charge is 1.98. The van der Waals surface area contributed by atoms with Crippen molar-refractivity contribution in [2.75, 3.05) is 11.9 Å². The molecule has 0 aliphatic carbocycles. The molecular formula is C11H17N5. The molecule has 0 atom stereocenters. The van der Waals surface area contributed by atoms with Gasteiger partial charge in [0.1, 0.15) is 0 Å². The molecule has 0 saturated carbocycles. The highest BCUT2D eigenvalue weighted by atomic mass is 15.2. The van der Waals surface area contributed by atoms with Crippen molar-refractivity contribution in [3.05, 3.63) is 31.1 Å². The van der Waals surface area contributed by atoms with Gasteiger partial charge in [0.2, 0.25) is 5.95 Å². The summed E-state index contributed by atoms with van der Waals surface area (Å²) < 4.78 is 4.17. The molecule has 0 aliphatic rings. The predicted octanol–water partition coefficient (Wildman–Crippen LogP) is 1.60. The minimum Gasteiger partial charge on any atom is -0.356 e. The SMILES string of the molecule is CCn1ccnc1NCCCn1ccnc1. The van der Waals surface area contributed by atoms with Gasteiger partial charge in [-0.1, -0.05) is 0 Å². The van der Waals surface area contributed by atoms with Crippen molar-refractivity contribution in [3.63, 3.8) is 0 Å². The topological polar surface area (TPSA) is 47.7 Å². The van der Waals surface area contributed by atoms with Crippen LogP contribution in [0.5, 0.6) is 0 Å². The Hall–Kier alpha value is -1.78. The van der Waals surface area contributed by atoms with Gasteiger partial charge >= 0.3 is 0 Å². The molecule has 0 saturated heterocycles. The van der Waals surface area contributed by atoms with Crippen LogP contribution in [0.1, 0.15) is 13.3 Å². The number of rotatable bonds is 6. The standard InChI is InChI=1S/C11H17N5/c1-2-16-9-6-14-11(16)13-4-3-7-15-8-5-12-10-15/h5-6,8-10H,2-4,7H2,1H3,(H,13,14). The lowest BCUT2D eigenvalue weighted by molar-refractivity contribution is 0.655. The molecule has 1 N–H and O–H groups in total. The average molecular weight is 219 g/mol. The molecule has 0 bridgehead atoms. The summed E-state index contributed by atoms with van der Waals surface area (Å²) >= 11 is 0. The summed E-state index contributed by atoms with van der Waals surface area (Å²) in [6.45, 7) is 4.97. The van der Waals surface area contributed by atoms with Crippen molar-refractivity contribution in [3.8, 4) is 0 Å². The lowest BCUT2D eigenvalue weighted by atomic mass is 10.4. The van der Waals surface area contributed by atoms with E-state index in [1.165, 1.54) is 0 Å². The number of hydrogen-bond acceptors (Lipinski definition) is 3. The van der Waals surface area contributed by atoms with Gasteiger partial charge in [0.25, 0.3) is 0 Å². The molecule has 0 amide bonds. The van der Waals surface area contributed by atoms with E-state index in [0.29, 0.717) is 0 Å². The third-order valence-electron chi connectivity index (χ3n) is 2.49. The van der Waals surface area contributed by atoms with Gasteiger partial charge in [0.05, 0.1) is 6.33 Å². The first-order chi connectivity index (χ1) is 7.90. The Labute approximate surface area is 95.1 Å². The fourth-order valence-corrected chi connectivity index (χ4v) is 1.61. The lowest BCUT2D eigenvalue weighted by Gasteiger charge is -2.07. The Balaban J connectivity index is 1.72. The van der Waals surface area contributed by atoms with Crippen LogP contribution >= 0.6 is 0 Å². The Morgan fingerprint density at radius 2 is 2.25 bits per heavy atom. The Bertz CT molecular complexity index is 404. The molecule has 16 heavy (non-hydrogen) atoms. The van der Waals surface area contributed by atoms with E-state index in [1.807, 2.05) is 24.9 Å². The number of nitrogens with one attached hydrogen (secondary N) is 1. The van der Waals surface area contributed by atoms with Gasteiger partial charge in [-0.05, 0) is 13.3 Å². The number of aryl methyl sites for hydroxylation is 2. The Morgan fingerprint density at radius 1 is 1.31 bits per heavy atom. The predicted molar refractivity (Wildman–Crippen MR) is 63.2 cm³/mol. The Kier molecular flexibility index (Phi) is 3.58. The van der Waals surface area contributed by atoms with Crippen molar-refractivity contribution in [2.45, 2.75) is 26.4 Å². The van der Waals surface area contributed by atoms with Gasteiger partial charge in [-0.2, -0.15) is 0 Å². The zero-order valence-electron chi connectivity index (χ0n) is 9.50. The van der Waals surface area contributed by atoms with E-state index < -0.39 is 0 Å². The molecule has 5 heteroatoms. The summed E-state index contributed by atoms with van der Waals surface area (Å²) in [5, 5.41) is 3.32. The average Bonchev–Trinajstić information content (AvgIpc) is 2.95. The molecule has 0 aliphatic heterocycles. The van der Waals surface area contributed by atoms with Crippen molar-refractivity contribution in [1.82, 2.24) is 19.1 Å². The second kappa shape index (κ2) is 5.34. The molecule has 2 heterocycles. The third kappa shape index (κ3) is 2.62. The minimum atomic E-state index is 0.926. The van der Waals surface area contributed by atoms with Gasteiger partial charge in [-0.3, -0.25) is 0 Å². The summed E-state index contributed by atoms with van der Waals surface area (Å²) in [4.78, 5) is 8.26. The van der Waals surface area contributed by atoms with E-state index in [2.05, 4.69) is 31.3 Å². The van der Waals surface area contributed by atoms with Gasteiger partial charge in [0.15, 0.2) is 0 Å². The molecule has 0 spiro atoms. The first-order valence-corrected chi connectivity index (χ1v) is 5.61. The van der Waals surface area contributed by atoms with Crippen LogP contribution in [0.2, 0.25) is 0 Å². The summed E-state index contributed by atoms with van der Waals surface area (Å²) in [7, 11) is 0. The molecule has 0 aromatic carbocycles. The van der Waals surface area contributed by atoms with E-state index in [-0.39, 0.29) is 0 Å². The molecule has 0 unspecified atom stereocenters. The van der Waals surface area contributed by atoms with Gasteiger partial charge < -0.3 is 14.5 Å². The van der Waals surface area contributed by atoms with Gasteiger partial charge in [-0.15, -0.1) is 0 Å². The third-order valence-corrected chi connectivity index (χ3v) is 2.49. The van der Waals surface area contributed by atoms with Crippen LogP contribution in [0.4, 0.5) is 5.95 Å². The summed E-state index contributed by atoms with van der Waals surface area (Å²) in [6.07, 6.45) is 10.5. The number of aromatic nitrogens is 4. The normalized spacial score (nSPS) is 10.6. The van der Waals surface area contributed by atoms with E-state index in [0.717, 1.165) is 32.0 Å². The first kappa shape index (κ1) is 10.7. The summed E-state index contributed by atoms with van der Waals surface area (Å²) in [5.74, 6) is 0.952. The molecule has 2 aromatic rings. The molecule has 0 radical (unpaired) electrons. The minimum absolute atomic E-state index is 0.926. The number of anilines is 1. The second-order valence-electron chi connectivity index (χ2n) is 3.62. The maximum Gasteiger partial charge on any atom is 0.202 e.